The zero-order valence-electron chi connectivity index (χ0n) is 21.5. The van der Waals surface area contributed by atoms with E-state index in [0.29, 0.717) is 25.2 Å². The van der Waals surface area contributed by atoms with Crippen LogP contribution < -0.4 is 5.32 Å². The first-order chi connectivity index (χ1) is 17.0. The van der Waals surface area contributed by atoms with Crippen LogP contribution in [0, 0.1) is 16.7 Å². The third-order valence-electron chi connectivity index (χ3n) is 7.62. The normalized spacial score (nSPS) is 24.2. The molecule has 0 aromatic heterocycles. The van der Waals surface area contributed by atoms with Gasteiger partial charge in [0.1, 0.15) is 12.1 Å². The van der Waals surface area contributed by atoms with Crippen molar-refractivity contribution in [2.24, 2.45) is 5.41 Å². The summed E-state index contributed by atoms with van der Waals surface area (Å²) in [6.45, 7) is 7.02. The third-order valence-corrected chi connectivity index (χ3v) is 7.62. The van der Waals surface area contributed by atoms with E-state index in [2.05, 4.69) is 11.4 Å². The number of nitrogens with one attached hydrogen (secondary N) is 1. The van der Waals surface area contributed by atoms with Gasteiger partial charge in [0, 0.05) is 38.8 Å². The van der Waals surface area contributed by atoms with Gasteiger partial charge < -0.3 is 20.0 Å². The van der Waals surface area contributed by atoms with Crippen molar-refractivity contribution >= 4 is 29.3 Å². The second-order valence-electron chi connectivity index (χ2n) is 11.4. The summed E-state index contributed by atoms with van der Waals surface area (Å²) in [6.07, 6.45) is 3.24. The molecule has 1 spiro atoms. The molecule has 9 nitrogen and oxygen atoms in total. The van der Waals surface area contributed by atoms with Crippen LogP contribution in [0.1, 0.15) is 58.4 Å². The zero-order chi connectivity index (χ0) is 26.3. The number of hydrogen-bond donors (Lipinski definition) is 1. The number of nitrogens with zero attached hydrogens (tertiary/aromatic N) is 4. The van der Waals surface area contributed by atoms with Gasteiger partial charge in [-0.2, -0.15) is 5.26 Å². The number of likely N-dealkylation sites (N-methyl/N-ethyl adjacent to an activating group) is 1. The number of hydrogen-bond acceptors (Lipinski definition) is 5. The Hall–Kier alpha value is -3.41. The molecule has 0 saturated carbocycles. The molecule has 0 radical (unpaired) electrons. The van der Waals surface area contributed by atoms with Crippen molar-refractivity contribution in [1.82, 2.24) is 14.7 Å². The predicted molar refractivity (Wildman–Crippen MR) is 134 cm³/mol. The molecule has 4 rings (SSSR count). The van der Waals surface area contributed by atoms with Gasteiger partial charge in [-0.05, 0) is 42.7 Å². The number of likely N-dealkylation sites (tertiary alicyclic amines) is 2. The Morgan fingerprint density at radius 2 is 1.86 bits per heavy atom. The van der Waals surface area contributed by atoms with Gasteiger partial charge in [0.15, 0.2) is 0 Å². The molecule has 9 heteroatoms. The topological polar surface area (TPSA) is 114 Å². The Morgan fingerprint density at radius 1 is 1.19 bits per heavy atom. The van der Waals surface area contributed by atoms with E-state index in [1.165, 1.54) is 16.8 Å². The number of amides is 4. The lowest BCUT2D eigenvalue weighted by molar-refractivity contribution is -0.156. The molecule has 36 heavy (non-hydrogen) atoms. The predicted octanol–water partition coefficient (Wildman–Crippen LogP) is 2.28. The molecule has 3 atom stereocenters. The van der Waals surface area contributed by atoms with Gasteiger partial charge in [0.2, 0.25) is 11.8 Å². The summed E-state index contributed by atoms with van der Waals surface area (Å²) in [4.78, 5) is 57.6. The van der Waals surface area contributed by atoms with E-state index >= 15 is 0 Å². The molecule has 3 aliphatic heterocycles. The number of anilines is 1. The minimum Gasteiger partial charge on any atom is -0.334 e. The van der Waals surface area contributed by atoms with Crippen LogP contribution >= 0.6 is 0 Å². The maximum atomic E-state index is 14.0. The van der Waals surface area contributed by atoms with Crippen LogP contribution in [0.5, 0.6) is 0 Å². The van der Waals surface area contributed by atoms with Crippen molar-refractivity contribution in [3.05, 3.63) is 29.8 Å². The van der Waals surface area contributed by atoms with Gasteiger partial charge >= 0.3 is 11.8 Å². The lowest BCUT2D eigenvalue weighted by Gasteiger charge is -2.36. The molecule has 2 saturated heterocycles. The van der Waals surface area contributed by atoms with Crippen LogP contribution in [0.2, 0.25) is 0 Å². The van der Waals surface area contributed by atoms with Crippen LogP contribution in [-0.2, 0) is 24.6 Å². The molecular formula is C27H35N5O4. The smallest absolute Gasteiger partial charge is 0.312 e. The number of piperidine rings is 1. The molecule has 1 aromatic rings. The van der Waals surface area contributed by atoms with Crippen molar-refractivity contribution in [3.63, 3.8) is 0 Å². The van der Waals surface area contributed by atoms with Crippen LogP contribution in [0.15, 0.2) is 24.3 Å². The fourth-order valence-electron chi connectivity index (χ4n) is 5.67. The van der Waals surface area contributed by atoms with Crippen molar-refractivity contribution in [2.45, 2.75) is 70.4 Å². The summed E-state index contributed by atoms with van der Waals surface area (Å²) in [7, 11) is 1.49. The van der Waals surface area contributed by atoms with E-state index in [0.717, 1.165) is 24.8 Å². The first-order valence-corrected chi connectivity index (χ1v) is 12.7. The summed E-state index contributed by atoms with van der Waals surface area (Å²) in [5.41, 5.74) is 0.132. The van der Waals surface area contributed by atoms with Crippen LogP contribution in [-0.4, -0.2) is 77.1 Å². The minimum atomic E-state index is -1.01. The van der Waals surface area contributed by atoms with Crippen molar-refractivity contribution in [1.29, 1.82) is 5.26 Å². The van der Waals surface area contributed by atoms with E-state index < -0.39 is 35.2 Å². The summed E-state index contributed by atoms with van der Waals surface area (Å²) in [6, 6.07) is 7.79. The van der Waals surface area contributed by atoms with Gasteiger partial charge in [-0.3, -0.25) is 19.2 Å². The third kappa shape index (κ3) is 4.57. The Balaban J connectivity index is 1.62. The molecule has 1 N–H and O–H groups in total. The van der Waals surface area contributed by atoms with Gasteiger partial charge in [-0.15, -0.1) is 0 Å². The summed E-state index contributed by atoms with van der Waals surface area (Å²) < 4.78 is 0. The number of nitriles is 1. The summed E-state index contributed by atoms with van der Waals surface area (Å²) >= 11 is 0. The lowest BCUT2D eigenvalue weighted by Crippen LogP contribution is -2.55. The van der Waals surface area contributed by atoms with Crippen molar-refractivity contribution in [2.75, 3.05) is 32.0 Å². The molecule has 0 unspecified atom stereocenters. The van der Waals surface area contributed by atoms with Crippen LogP contribution in [0.4, 0.5) is 5.69 Å². The quantitative estimate of drug-likeness (QED) is 0.649. The van der Waals surface area contributed by atoms with Crippen LogP contribution in [0.25, 0.3) is 0 Å². The SMILES string of the molecule is CN(C(=O)C(=O)N1CCCCC1)[C@@H](CC(C)(C)C)C(=O)N1C[C@]2(C[C@H]1C#N)C(=O)Nc1ccccc12. The highest BCUT2D eigenvalue weighted by atomic mass is 16.2. The lowest BCUT2D eigenvalue weighted by atomic mass is 9.80. The highest BCUT2D eigenvalue weighted by Gasteiger charge is 2.57. The average Bonchev–Trinajstić information content (AvgIpc) is 3.39. The molecule has 192 valence electrons. The summed E-state index contributed by atoms with van der Waals surface area (Å²) in [5.74, 6) is -1.95. The number of para-hydroxylation sites is 1. The molecule has 2 fully saturated rings. The second kappa shape index (κ2) is 9.57. The Labute approximate surface area is 212 Å². The molecule has 4 amide bonds. The van der Waals surface area contributed by atoms with Gasteiger partial charge in [0.25, 0.3) is 0 Å². The fourth-order valence-corrected chi connectivity index (χ4v) is 5.67. The summed E-state index contributed by atoms with van der Waals surface area (Å²) in [5, 5.41) is 12.9. The number of carbonyl (C=O) groups excluding carboxylic acids is 4. The first kappa shape index (κ1) is 25.7. The molecule has 3 aliphatic rings. The maximum Gasteiger partial charge on any atom is 0.312 e. The molecule has 0 aliphatic carbocycles. The van der Waals surface area contributed by atoms with Crippen molar-refractivity contribution < 1.29 is 19.2 Å². The molecule has 3 heterocycles. The van der Waals surface area contributed by atoms with E-state index in [1.807, 2.05) is 45.0 Å². The van der Waals surface area contributed by atoms with Gasteiger partial charge in [0.05, 0.1) is 11.5 Å². The molecule has 0 bridgehead atoms. The van der Waals surface area contributed by atoms with E-state index in [-0.39, 0.29) is 24.3 Å². The highest BCUT2D eigenvalue weighted by Crippen LogP contribution is 2.46. The van der Waals surface area contributed by atoms with E-state index in [9.17, 15) is 24.4 Å². The fraction of sp³-hybridized carbons (Fsp3) is 0.593. The monoisotopic (exact) mass is 493 g/mol. The standard InChI is InChI=1S/C27H35N5O4/c1-26(2,3)15-21(30(4)23(34)24(35)31-12-8-5-9-13-31)22(33)32-17-27(14-18(32)16-28)19-10-6-7-11-20(19)29-25(27)36/h6-7,10-11,18,21H,5,8-9,12-15,17H2,1-4H3,(H,29,36)/t18-,21-,27-/m0/s1. The largest absolute Gasteiger partial charge is 0.334 e. The van der Waals surface area contributed by atoms with Crippen molar-refractivity contribution in [3.8, 4) is 6.07 Å². The Bertz CT molecular complexity index is 1110. The van der Waals surface area contributed by atoms with Crippen LogP contribution in [0.3, 0.4) is 0 Å². The van der Waals surface area contributed by atoms with E-state index in [1.54, 1.807) is 4.90 Å². The molecular weight excluding hydrogens is 458 g/mol. The Kier molecular flexibility index (Phi) is 6.82. The highest BCUT2D eigenvalue weighted by molar-refractivity contribution is 6.35. The maximum absolute atomic E-state index is 14.0. The number of carbonyl (C=O) groups is 4. The zero-order valence-corrected chi connectivity index (χ0v) is 21.5. The number of fused-ring (bicyclic) bond motifs is 2. The number of rotatable bonds is 3. The number of benzene rings is 1. The van der Waals surface area contributed by atoms with Gasteiger partial charge in [-0.25, -0.2) is 0 Å². The van der Waals surface area contributed by atoms with Gasteiger partial charge in [-0.1, -0.05) is 39.0 Å². The molecule has 1 aromatic carbocycles. The average molecular weight is 494 g/mol. The van der Waals surface area contributed by atoms with E-state index in [4.69, 9.17) is 0 Å². The Morgan fingerprint density at radius 3 is 2.50 bits per heavy atom. The first-order valence-electron chi connectivity index (χ1n) is 12.7. The second-order valence-corrected chi connectivity index (χ2v) is 11.4. The minimum absolute atomic E-state index is 0.0512.